The van der Waals surface area contributed by atoms with Crippen molar-refractivity contribution in [3.8, 4) is 39.1 Å². The molecule has 2 nitrogen and oxygen atoms in total. The lowest BCUT2D eigenvalue weighted by atomic mass is 9.79. The maximum absolute atomic E-state index is 2.49. The minimum absolute atomic E-state index is 0.146. The third-order valence-electron chi connectivity index (χ3n) is 14.1. The van der Waals surface area contributed by atoms with Crippen molar-refractivity contribution < 1.29 is 0 Å². The molecule has 0 N–H and O–H groups in total. The highest BCUT2D eigenvalue weighted by Gasteiger charge is 2.40. The van der Waals surface area contributed by atoms with E-state index in [-0.39, 0.29) is 10.8 Å². The highest BCUT2D eigenvalue weighted by Crippen LogP contribution is 2.55. The summed E-state index contributed by atoms with van der Waals surface area (Å²) in [5.41, 5.74) is 22.6. The van der Waals surface area contributed by atoms with Gasteiger partial charge in [0.2, 0.25) is 0 Å². The normalized spacial score (nSPS) is 14.1. The predicted molar refractivity (Wildman–Crippen MR) is 271 cm³/mol. The minimum Gasteiger partial charge on any atom is -0.311 e. The number of nitrogens with zero attached hydrogens (tertiary/aromatic N) is 2. The number of benzene rings is 9. The average molecular weight is 821 g/mol. The Kier molecular flexibility index (Phi) is 8.58. The molecule has 0 saturated carbocycles. The summed E-state index contributed by atoms with van der Waals surface area (Å²) in [5, 5.41) is 2.60. The highest BCUT2D eigenvalue weighted by atomic mass is 15.1. The molecule has 64 heavy (non-hydrogen) atoms. The summed E-state index contributed by atoms with van der Waals surface area (Å²) < 4.78 is 2.49. The molecular formula is C62H48N2. The van der Waals surface area contributed by atoms with Gasteiger partial charge in [0.1, 0.15) is 0 Å². The summed E-state index contributed by atoms with van der Waals surface area (Å²) in [4.78, 5) is 2.30. The molecule has 0 amide bonds. The van der Waals surface area contributed by atoms with Crippen LogP contribution in [0.2, 0.25) is 0 Å². The van der Waals surface area contributed by atoms with E-state index in [0.717, 1.165) is 17.1 Å². The van der Waals surface area contributed by atoms with E-state index in [9.17, 15) is 0 Å². The summed E-state index contributed by atoms with van der Waals surface area (Å²) in [6, 6.07) is 75.7. The van der Waals surface area contributed by atoms with Gasteiger partial charge in [0.15, 0.2) is 0 Å². The molecule has 0 spiro atoms. The Bertz CT molecular complexity index is 3420. The van der Waals surface area contributed by atoms with Crippen molar-refractivity contribution in [2.24, 2.45) is 0 Å². The van der Waals surface area contributed by atoms with Gasteiger partial charge in [0, 0.05) is 44.4 Å². The number of para-hydroxylation sites is 4. The fourth-order valence-corrected chi connectivity index (χ4v) is 10.9. The first-order valence-electron chi connectivity index (χ1n) is 22.5. The maximum Gasteiger partial charge on any atom is 0.0588 e. The predicted octanol–water partition coefficient (Wildman–Crippen LogP) is 16.7. The zero-order chi connectivity index (χ0) is 43.2. The van der Waals surface area contributed by atoms with E-state index >= 15 is 0 Å². The van der Waals surface area contributed by atoms with Gasteiger partial charge >= 0.3 is 0 Å². The van der Waals surface area contributed by atoms with E-state index in [2.05, 4.69) is 256 Å². The van der Waals surface area contributed by atoms with Crippen LogP contribution >= 0.6 is 0 Å². The molecule has 9 aromatic carbocycles. The Labute approximate surface area is 376 Å². The fourth-order valence-electron chi connectivity index (χ4n) is 10.9. The first-order valence-corrected chi connectivity index (χ1v) is 22.5. The second-order valence-corrected chi connectivity index (χ2v) is 18.6. The SMILES string of the molecule is CC1(C)c2cc(/C=C/c3ccc(N(c4ccccc4)c4ccccc4)cc3)ccc2-c2ccc(-c3ccc4c(c3)C(C)(C)c3c-4ccc4c5ccccc5n(-c5ccccc5)c34)cc21. The van der Waals surface area contributed by atoms with Gasteiger partial charge in [-0.25, -0.2) is 0 Å². The average Bonchev–Trinajstić information content (AvgIpc) is 3.88. The molecule has 10 aromatic rings. The van der Waals surface area contributed by atoms with Crippen molar-refractivity contribution in [2.75, 3.05) is 4.90 Å². The van der Waals surface area contributed by atoms with Gasteiger partial charge in [0.25, 0.3) is 0 Å². The van der Waals surface area contributed by atoms with Gasteiger partial charge in [-0.15, -0.1) is 0 Å². The van der Waals surface area contributed by atoms with E-state index in [1.807, 2.05) is 0 Å². The molecule has 2 heteroatoms. The van der Waals surface area contributed by atoms with E-state index in [4.69, 9.17) is 0 Å². The molecule has 0 unspecified atom stereocenters. The second-order valence-electron chi connectivity index (χ2n) is 18.6. The lowest BCUT2D eigenvalue weighted by Crippen LogP contribution is -2.17. The molecule has 0 atom stereocenters. The van der Waals surface area contributed by atoms with Crippen molar-refractivity contribution in [3.05, 3.63) is 240 Å². The summed E-state index contributed by atoms with van der Waals surface area (Å²) >= 11 is 0. The molecule has 2 aliphatic rings. The molecule has 0 fully saturated rings. The number of fused-ring (bicyclic) bond motifs is 10. The fraction of sp³-hybridized carbons (Fsp3) is 0.0968. The topological polar surface area (TPSA) is 8.17 Å². The molecular weight excluding hydrogens is 773 g/mol. The van der Waals surface area contributed by atoms with Gasteiger partial charge < -0.3 is 9.47 Å². The first kappa shape index (κ1) is 38.0. The monoisotopic (exact) mass is 820 g/mol. The molecule has 0 bridgehead atoms. The standard InChI is InChI=1S/C62H48N2/c1-61(2)55-38-42(25-24-41-26-31-48(32-27-41)63(45-16-8-5-9-17-45)46-18-10-6-11-19-46)28-33-49(55)50-34-29-43(39-56(50)61)44-30-35-51-53-36-37-54-52-22-14-15-23-58(52)64(47-20-12-7-13-21-47)60(54)59(53)62(3,4)57(51)40-44/h5-40H,1-4H3/b25-24+. The number of rotatable bonds is 7. The molecule has 0 radical (unpaired) electrons. The Hall–Kier alpha value is -7.68. The molecule has 306 valence electrons. The van der Waals surface area contributed by atoms with E-state index in [0.29, 0.717) is 0 Å². The lowest BCUT2D eigenvalue weighted by molar-refractivity contribution is 0.660. The third-order valence-corrected chi connectivity index (χ3v) is 14.1. The van der Waals surface area contributed by atoms with Crippen LogP contribution in [0.15, 0.2) is 206 Å². The van der Waals surface area contributed by atoms with Gasteiger partial charge in [-0.3, -0.25) is 0 Å². The van der Waals surface area contributed by atoms with Gasteiger partial charge in [0.05, 0.1) is 11.0 Å². The molecule has 1 heterocycles. The molecule has 0 aliphatic heterocycles. The van der Waals surface area contributed by atoms with Crippen molar-refractivity contribution in [1.82, 2.24) is 4.57 Å². The summed E-state index contributed by atoms with van der Waals surface area (Å²) in [5.74, 6) is 0. The summed E-state index contributed by atoms with van der Waals surface area (Å²) in [7, 11) is 0. The second kappa shape index (κ2) is 14.4. The summed E-state index contributed by atoms with van der Waals surface area (Å²) in [6.45, 7) is 9.61. The highest BCUT2D eigenvalue weighted by molar-refractivity contribution is 6.13. The molecule has 12 rings (SSSR count). The van der Waals surface area contributed by atoms with E-state index in [1.165, 1.54) is 94.3 Å². The Balaban J connectivity index is 0.849. The van der Waals surface area contributed by atoms with Crippen molar-refractivity contribution in [2.45, 2.75) is 38.5 Å². The van der Waals surface area contributed by atoms with Crippen LogP contribution in [0.1, 0.15) is 61.1 Å². The van der Waals surface area contributed by atoms with Crippen LogP contribution in [0.4, 0.5) is 17.1 Å². The van der Waals surface area contributed by atoms with E-state index < -0.39 is 0 Å². The lowest BCUT2D eigenvalue weighted by Gasteiger charge is -2.25. The number of hydrogen-bond acceptors (Lipinski definition) is 1. The zero-order valence-electron chi connectivity index (χ0n) is 36.7. The largest absolute Gasteiger partial charge is 0.311 e. The maximum atomic E-state index is 2.49. The van der Waals surface area contributed by atoms with Gasteiger partial charge in [-0.05, 0) is 133 Å². The minimum atomic E-state index is -0.204. The van der Waals surface area contributed by atoms with Crippen LogP contribution in [0.25, 0.3) is 73.0 Å². The first-order chi connectivity index (χ1) is 31.3. The van der Waals surface area contributed by atoms with Gasteiger partial charge in [-0.1, -0.05) is 179 Å². The van der Waals surface area contributed by atoms with Crippen LogP contribution in [-0.4, -0.2) is 4.57 Å². The molecule has 0 saturated heterocycles. The third kappa shape index (κ3) is 5.86. The van der Waals surface area contributed by atoms with Crippen LogP contribution in [0.3, 0.4) is 0 Å². The van der Waals surface area contributed by atoms with Crippen molar-refractivity contribution in [1.29, 1.82) is 0 Å². The Morgan fingerprint density at radius 3 is 1.53 bits per heavy atom. The van der Waals surface area contributed by atoms with Crippen LogP contribution in [0.5, 0.6) is 0 Å². The molecule has 2 aliphatic carbocycles. The van der Waals surface area contributed by atoms with Crippen LogP contribution < -0.4 is 4.90 Å². The molecule has 1 aromatic heterocycles. The number of anilines is 3. The van der Waals surface area contributed by atoms with Gasteiger partial charge in [-0.2, -0.15) is 0 Å². The van der Waals surface area contributed by atoms with E-state index in [1.54, 1.807) is 0 Å². The Morgan fingerprint density at radius 2 is 0.875 bits per heavy atom. The zero-order valence-corrected chi connectivity index (χ0v) is 36.7. The Morgan fingerprint density at radius 1 is 0.391 bits per heavy atom. The number of aromatic nitrogens is 1. The number of hydrogen-bond donors (Lipinski definition) is 0. The van der Waals surface area contributed by atoms with Crippen LogP contribution in [0, 0.1) is 0 Å². The van der Waals surface area contributed by atoms with Crippen LogP contribution in [-0.2, 0) is 10.8 Å². The van der Waals surface area contributed by atoms with Crippen molar-refractivity contribution in [3.63, 3.8) is 0 Å². The smallest absolute Gasteiger partial charge is 0.0588 e. The van der Waals surface area contributed by atoms with Crippen molar-refractivity contribution >= 4 is 51.0 Å². The summed E-state index contributed by atoms with van der Waals surface area (Å²) in [6.07, 6.45) is 4.48. The quantitative estimate of drug-likeness (QED) is 0.145.